The van der Waals surface area contributed by atoms with Crippen molar-refractivity contribution in [1.82, 2.24) is 4.90 Å². The summed E-state index contributed by atoms with van der Waals surface area (Å²) < 4.78 is 30.8. The first-order valence-corrected chi connectivity index (χ1v) is 13.5. The second kappa shape index (κ2) is 9.80. The zero-order chi connectivity index (χ0) is 25.3. The molecule has 8 nitrogen and oxygen atoms in total. The zero-order valence-corrected chi connectivity index (χ0v) is 21.4. The highest BCUT2D eigenvalue weighted by Gasteiger charge is 2.38. The number of fused-ring (bicyclic) bond motifs is 1. The predicted molar refractivity (Wildman–Crippen MR) is 139 cm³/mol. The summed E-state index contributed by atoms with van der Waals surface area (Å²) in [7, 11) is -4.46. The van der Waals surface area contributed by atoms with Gasteiger partial charge in [-0.2, -0.15) is 12.7 Å². The number of nitrogens with zero attached hydrogens (tertiary/aromatic N) is 2. The van der Waals surface area contributed by atoms with Gasteiger partial charge < -0.3 is 5.73 Å². The summed E-state index contributed by atoms with van der Waals surface area (Å²) in [6.45, 7) is 7.19. The van der Waals surface area contributed by atoms with Crippen molar-refractivity contribution in [2.24, 2.45) is 5.73 Å². The lowest BCUT2D eigenvalue weighted by molar-refractivity contribution is 0.0999. The average molecular weight is 513 g/mol. The first-order valence-electron chi connectivity index (χ1n) is 11.3. The van der Waals surface area contributed by atoms with E-state index in [2.05, 4.69) is 23.5 Å². The summed E-state index contributed by atoms with van der Waals surface area (Å²) >= 11 is 1.13. The van der Waals surface area contributed by atoms with Gasteiger partial charge in [0.25, 0.3) is 11.8 Å². The van der Waals surface area contributed by atoms with E-state index in [0.717, 1.165) is 16.2 Å². The Hall–Kier alpha value is -3.21. The molecule has 0 radical (unpaired) electrons. The van der Waals surface area contributed by atoms with Gasteiger partial charge in [0.05, 0.1) is 11.3 Å². The number of carbonyl (C=O) groups is 2. The number of hydrogen-bond acceptors (Lipinski definition) is 6. The molecule has 3 aromatic rings. The number of benzene rings is 2. The van der Waals surface area contributed by atoms with Crippen LogP contribution in [0.15, 0.2) is 54.6 Å². The maximum absolute atomic E-state index is 13.8. The quantitative estimate of drug-likeness (QED) is 0.498. The van der Waals surface area contributed by atoms with Crippen LogP contribution in [-0.2, 0) is 23.2 Å². The number of hydrogen-bond donors (Lipinski definition) is 2. The third-order valence-corrected chi connectivity index (χ3v) is 8.68. The number of nitrogens with one attached hydrogen (secondary N) is 1. The van der Waals surface area contributed by atoms with Gasteiger partial charge in [0.2, 0.25) is 0 Å². The Bertz CT molecular complexity index is 1370. The molecule has 2 amide bonds. The minimum Gasteiger partial charge on any atom is -0.365 e. The second-order valence-electron chi connectivity index (χ2n) is 8.72. The van der Waals surface area contributed by atoms with Gasteiger partial charge in [0.15, 0.2) is 0 Å². The third-order valence-electron chi connectivity index (χ3n) is 6.06. The number of nitrogens with two attached hydrogens (primary N) is 1. The topological polar surface area (TPSA) is 113 Å². The fourth-order valence-electron chi connectivity index (χ4n) is 4.13. The summed E-state index contributed by atoms with van der Waals surface area (Å²) in [5.41, 5.74) is 7.78. The number of amides is 2. The van der Waals surface area contributed by atoms with Gasteiger partial charge >= 0.3 is 10.2 Å². The van der Waals surface area contributed by atoms with Crippen molar-refractivity contribution in [3.05, 3.63) is 81.7 Å². The van der Waals surface area contributed by atoms with Crippen molar-refractivity contribution < 1.29 is 18.0 Å². The van der Waals surface area contributed by atoms with Gasteiger partial charge in [0.1, 0.15) is 5.00 Å². The zero-order valence-electron chi connectivity index (χ0n) is 19.8. The van der Waals surface area contributed by atoms with Crippen LogP contribution in [-0.4, -0.2) is 37.7 Å². The molecule has 2 heterocycles. The number of thiophene rings is 1. The Morgan fingerprint density at radius 1 is 1.09 bits per heavy atom. The molecule has 1 aliphatic rings. The predicted octanol–water partition coefficient (Wildman–Crippen LogP) is 3.93. The van der Waals surface area contributed by atoms with Crippen molar-refractivity contribution in [1.29, 1.82) is 0 Å². The van der Waals surface area contributed by atoms with Gasteiger partial charge in [-0.15, -0.1) is 11.3 Å². The van der Waals surface area contributed by atoms with Crippen LogP contribution in [0.5, 0.6) is 0 Å². The summed E-state index contributed by atoms with van der Waals surface area (Å²) in [5.74, 6) is -1.53. The molecule has 0 saturated carbocycles. The van der Waals surface area contributed by atoms with E-state index in [1.807, 2.05) is 0 Å². The maximum atomic E-state index is 13.8. The number of aryl methyl sites for hydroxylation is 1. The Labute approximate surface area is 209 Å². The van der Waals surface area contributed by atoms with E-state index in [1.54, 1.807) is 49.4 Å². The number of para-hydroxylation sites is 1. The van der Waals surface area contributed by atoms with Gasteiger partial charge in [-0.1, -0.05) is 36.4 Å². The Morgan fingerprint density at radius 3 is 2.37 bits per heavy atom. The second-order valence-corrected chi connectivity index (χ2v) is 11.3. The number of rotatable bonds is 7. The molecule has 0 saturated heterocycles. The molecule has 0 aliphatic carbocycles. The van der Waals surface area contributed by atoms with Crippen LogP contribution < -0.4 is 14.8 Å². The molecule has 0 bridgehead atoms. The standard InChI is InChI=1S/C25H28N4O4S2/c1-16(2)28-14-13-19-21(15-28)34-25(22(19)23(26)30)29(24(31)18-10-5-4-6-11-18)35(32,33)27-20-12-8-7-9-17(20)3/h4-12,16,27H,13-15H2,1-3H3,(H2,26,30). The van der Waals surface area contributed by atoms with E-state index in [1.165, 1.54) is 12.1 Å². The van der Waals surface area contributed by atoms with Crippen molar-refractivity contribution in [2.45, 2.75) is 39.8 Å². The normalized spacial score (nSPS) is 13.9. The van der Waals surface area contributed by atoms with Gasteiger partial charge in [-0.3, -0.25) is 19.2 Å². The van der Waals surface area contributed by atoms with E-state index in [-0.39, 0.29) is 22.2 Å². The lowest BCUT2D eigenvalue weighted by atomic mass is 10.0. The number of carbonyl (C=O) groups excluding carboxylic acids is 2. The van der Waals surface area contributed by atoms with Gasteiger partial charge in [-0.25, -0.2) is 0 Å². The highest BCUT2D eigenvalue weighted by atomic mass is 32.2. The molecule has 1 aliphatic heterocycles. The van der Waals surface area contributed by atoms with E-state index < -0.39 is 22.0 Å². The molecule has 4 rings (SSSR count). The van der Waals surface area contributed by atoms with Crippen LogP contribution in [0.25, 0.3) is 0 Å². The molecule has 3 N–H and O–H groups in total. The molecule has 0 spiro atoms. The van der Waals surface area contributed by atoms with E-state index in [0.29, 0.717) is 40.6 Å². The van der Waals surface area contributed by atoms with Crippen LogP contribution in [0.1, 0.15) is 50.6 Å². The fraction of sp³-hybridized carbons (Fsp3) is 0.280. The number of anilines is 2. The van der Waals surface area contributed by atoms with Crippen molar-refractivity contribution in [3.63, 3.8) is 0 Å². The molecular formula is C25H28N4O4S2. The average Bonchev–Trinajstić information content (AvgIpc) is 3.19. The van der Waals surface area contributed by atoms with Crippen LogP contribution in [0.4, 0.5) is 10.7 Å². The third kappa shape index (κ3) is 4.95. The lowest BCUT2D eigenvalue weighted by Crippen LogP contribution is -2.41. The molecule has 35 heavy (non-hydrogen) atoms. The summed E-state index contributed by atoms with van der Waals surface area (Å²) in [6.07, 6.45) is 0.543. The van der Waals surface area contributed by atoms with E-state index in [4.69, 9.17) is 5.73 Å². The summed E-state index contributed by atoms with van der Waals surface area (Å²) in [4.78, 5) is 29.4. The lowest BCUT2D eigenvalue weighted by Gasteiger charge is -2.30. The van der Waals surface area contributed by atoms with Crippen molar-refractivity contribution in [3.8, 4) is 0 Å². The Balaban J connectivity index is 1.89. The van der Waals surface area contributed by atoms with Crippen LogP contribution >= 0.6 is 11.3 Å². The first kappa shape index (κ1) is 24.9. The largest absolute Gasteiger partial charge is 0.365 e. The molecular weight excluding hydrogens is 484 g/mol. The molecule has 0 unspecified atom stereocenters. The first-order chi connectivity index (χ1) is 16.6. The van der Waals surface area contributed by atoms with Crippen molar-refractivity contribution >= 4 is 44.0 Å². The van der Waals surface area contributed by atoms with Crippen LogP contribution in [0.3, 0.4) is 0 Å². The van der Waals surface area contributed by atoms with E-state index >= 15 is 0 Å². The summed E-state index contributed by atoms with van der Waals surface area (Å²) in [6, 6.07) is 15.3. The fourth-order valence-corrected chi connectivity index (χ4v) is 7.05. The number of primary amides is 1. The Morgan fingerprint density at radius 2 is 1.74 bits per heavy atom. The monoisotopic (exact) mass is 512 g/mol. The SMILES string of the molecule is Cc1ccccc1NS(=O)(=O)N(C(=O)c1ccccc1)c1sc2c(c1C(N)=O)CCN(C(C)C)C2. The Kier molecular flexibility index (Phi) is 6.98. The summed E-state index contributed by atoms with van der Waals surface area (Å²) in [5, 5.41) is 0.0167. The highest BCUT2D eigenvalue weighted by molar-refractivity contribution is 7.95. The molecule has 1 aromatic heterocycles. The van der Waals surface area contributed by atoms with E-state index in [9.17, 15) is 18.0 Å². The smallest absolute Gasteiger partial charge is 0.331 e. The minimum absolute atomic E-state index is 0.0167. The van der Waals surface area contributed by atoms with Gasteiger partial charge in [-0.05, 0) is 56.5 Å². The minimum atomic E-state index is -4.46. The highest BCUT2D eigenvalue weighted by Crippen LogP contribution is 2.41. The van der Waals surface area contributed by atoms with Crippen LogP contribution in [0.2, 0.25) is 0 Å². The van der Waals surface area contributed by atoms with Crippen LogP contribution in [0, 0.1) is 6.92 Å². The molecule has 0 atom stereocenters. The molecule has 2 aromatic carbocycles. The van der Waals surface area contributed by atoms with Gasteiger partial charge in [0, 0.05) is 29.6 Å². The molecule has 0 fully saturated rings. The maximum Gasteiger partial charge on any atom is 0.331 e. The van der Waals surface area contributed by atoms with Crippen molar-refractivity contribution in [2.75, 3.05) is 15.6 Å². The molecule has 184 valence electrons. The molecule has 10 heteroatoms.